The third-order valence-corrected chi connectivity index (χ3v) is 3.17. The van der Waals surface area contributed by atoms with Gasteiger partial charge in [0.1, 0.15) is 5.75 Å². The first-order chi connectivity index (χ1) is 7.66. The Morgan fingerprint density at radius 2 is 2.00 bits per heavy atom. The first kappa shape index (κ1) is 9.67. The zero-order chi connectivity index (χ0) is 11.2. The molecule has 0 aromatic heterocycles. The Kier molecular flexibility index (Phi) is 1.95. The highest BCUT2D eigenvalue weighted by Crippen LogP contribution is 2.36. The van der Waals surface area contributed by atoms with Crippen LogP contribution in [0.3, 0.4) is 0 Å². The van der Waals surface area contributed by atoms with Gasteiger partial charge in [-0.1, -0.05) is 30.3 Å². The van der Waals surface area contributed by atoms with Crippen LogP contribution in [0.15, 0.2) is 36.4 Å². The van der Waals surface area contributed by atoms with Gasteiger partial charge in [0.15, 0.2) is 0 Å². The minimum absolute atomic E-state index is 0.647. The highest BCUT2D eigenvalue weighted by Gasteiger charge is 2.29. The maximum absolute atomic E-state index is 9.87. The van der Waals surface area contributed by atoms with Crippen LogP contribution in [0.1, 0.15) is 18.9 Å². The lowest BCUT2D eigenvalue weighted by Gasteiger charge is -2.31. The van der Waals surface area contributed by atoms with Crippen molar-refractivity contribution in [2.45, 2.75) is 25.6 Å². The van der Waals surface area contributed by atoms with E-state index in [0.29, 0.717) is 6.42 Å². The van der Waals surface area contributed by atoms with E-state index in [1.165, 1.54) is 16.3 Å². The summed E-state index contributed by atoms with van der Waals surface area (Å²) in [7, 11) is 0. The molecule has 0 unspecified atom stereocenters. The Labute approximate surface area is 94.5 Å². The molecule has 1 aliphatic heterocycles. The molecule has 0 saturated heterocycles. The monoisotopic (exact) mass is 214 g/mol. The average molecular weight is 214 g/mol. The van der Waals surface area contributed by atoms with E-state index in [1.54, 1.807) is 6.92 Å². The third-order valence-electron chi connectivity index (χ3n) is 3.17. The van der Waals surface area contributed by atoms with E-state index in [1.807, 2.05) is 24.3 Å². The molecule has 82 valence electrons. The lowest BCUT2D eigenvalue weighted by atomic mass is 9.95. The van der Waals surface area contributed by atoms with Crippen molar-refractivity contribution in [2.75, 3.05) is 0 Å². The van der Waals surface area contributed by atoms with Gasteiger partial charge in [-0.2, -0.15) is 0 Å². The maximum Gasteiger partial charge on any atom is 0.205 e. The molecule has 1 heterocycles. The van der Waals surface area contributed by atoms with Crippen molar-refractivity contribution in [3.63, 3.8) is 0 Å². The summed E-state index contributed by atoms with van der Waals surface area (Å²) in [4.78, 5) is 0. The number of hydrogen-bond donors (Lipinski definition) is 1. The minimum Gasteiger partial charge on any atom is -0.463 e. The molecule has 2 nitrogen and oxygen atoms in total. The van der Waals surface area contributed by atoms with Crippen molar-refractivity contribution in [2.24, 2.45) is 0 Å². The van der Waals surface area contributed by atoms with Crippen molar-refractivity contribution in [3.8, 4) is 5.75 Å². The van der Waals surface area contributed by atoms with Crippen LogP contribution in [0.4, 0.5) is 0 Å². The van der Waals surface area contributed by atoms with Gasteiger partial charge in [-0.25, -0.2) is 0 Å². The Morgan fingerprint density at radius 1 is 1.19 bits per heavy atom. The van der Waals surface area contributed by atoms with E-state index < -0.39 is 5.79 Å². The van der Waals surface area contributed by atoms with Crippen LogP contribution >= 0.6 is 0 Å². The van der Waals surface area contributed by atoms with Crippen LogP contribution in [0, 0.1) is 0 Å². The summed E-state index contributed by atoms with van der Waals surface area (Å²) >= 11 is 0. The number of aliphatic hydroxyl groups is 1. The largest absolute Gasteiger partial charge is 0.463 e. The van der Waals surface area contributed by atoms with E-state index in [-0.39, 0.29) is 0 Å². The molecule has 2 aromatic rings. The predicted octanol–water partition coefficient (Wildman–Crippen LogP) is 2.87. The fourth-order valence-corrected chi connectivity index (χ4v) is 2.31. The van der Waals surface area contributed by atoms with Crippen molar-refractivity contribution < 1.29 is 9.84 Å². The molecule has 2 aromatic carbocycles. The summed E-state index contributed by atoms with van der Waals surface area (Å²) in [6.07, 6.45) is 1.51. The number of rotatable bonds is 0. The molecule has 0 aliphatic carbocycles. The zero-order valence-corrected chi connectivity index (χ0v) is 9.23. The Morgan fingerprint density at radius 3 is 2.88 bits per heavy atom. The lowest BCUT2D eigenvalue weighted by molar-refractivity contribution is -0.133. The van der Waals surface area contributed by atoms with Gasteiger partial charge in [-0.15, -0.1) is 0 Å². The van der Waals surface area contributed by atoms with Crippen LogP contribution in [-0.2, 0) is 6.42 Å². The first-order valence-electron chi connectivity index (χ1n) is 5.58. The molecule has 16 heavy (non-hydrogen) atoms. The maximum atomic E-state index is 9.87. The fourth-order valence-electron chi connectivity index (χ4n) is 2.31. The summed E-state index contributed by atoms with van der Waals surface area (Å²) in [5.41, 5.74) is 1.21. The molecule has 0 saturated carbocycles. The molecular weight excluding hydrogens is 200 g/mol. The lowest BCUT2D eigenvalue weighted by Crippen LogP contribution is -2.35. The van der Waals surface area contributed by atoms with Crippen LogP contribution in [0.5, 0.6) is 5.75 Å². The van der Waals surface area contributed by atoms with E-state index in [0.717, 1.165) is 12.2 Å². The standard InChI is InChI=1S/C14H14O2/c1-14(15)9-8-12-11-5-3-2-4-10(11)6-7-13(12)16-14/h2-7,15H,8-9H2,1H3/t14-/m1/s1. The highest BCUT2D eigenvalue weighted by molar-refractivity contribution is 5.87. The summed E-state index contributed by atoms with van der Waals surface area (Å²) in [6.45, 7) is 1.71. The van der Waals surface area contributed by atoms with Crippen LogP contribution < -0.4 is 4.74 Å². The van der Waals surface area contributed by atoms with Crippen molar-refractivity contribution in [3.05, 3.63) is 42.0 Å². The van der Waals surface area contributed by atoms with Crippen molar-refractivity contribution >= 4 is 10.8 Å². The summed E-state index contributed by atoms with van der Waals surface area (Å²) < 4.78 is 5.58. The first-order valence-corrected chi connectivity index (χ1v) is 5.58. The number of benzene rings is 2. The minimum atomic E-state index is -1.02. The van der Waals surface area contributed by atoms with Gasteiger partial charge >= 0.3 is 0 Å². The molecular formula is C14H14O2. The third kappa shape index (κ3) is 1.46. The normalized spacial score (nSPS) is 23.9. The second-order valence-corrected chi connectivity index (χ2v) is 4.54. The van der Waals surface area contributed by atoms with E-state index in [4.69, 9.17) is 4.74 Å². The van der Waals surface area contributed by atoms with Crippen LogP contribution in [-0.4, -0.2) is 10.9 Å². The van der Waals surface area contributed by atoms with Crippen molar-refractivity contribution in [1.29, 1.82) is 0 Å². The number of hydrogen-bond acceptors (Lipinski definition) is 2. The summed E-state index contributed by atoms with van der Waals surface area (Å²) in [5, 5.41) is 12.3. The molecule has 0 fully saturated rings. The Hall–Kier alpha value is -1.54. The SMILES string of the molecule is C[C@]1(O)CCc2c(ccc3ccccc23)O1. The second-order valence-electron chi connectivity index (χ2n) is 4.54. The highest BCUT2D eigenvalue weighted by atomic mass is 16.6. The molecule has 2 heteroatoms. The van der Waals surface area contributed by atoms with Gasteiger partial charge in [0.2, 0.25) is 5.79 Å². The Balaban J connectivity index is 2.22. The molecule has 1 N–H and O–H groups in total. The molecule has 1 aliphatic rings. The summed E-state index contributed by atoms with van der Waals surface area (Å²) in [5.74, 6) is -0.204. The predicted molar refractivity (Wildman–Crippen MR) is 63.5 cm³/mol. The number of aryl methyl sites for hydroxylation is 1. The zero-order valence-electron chi connectivity index (χ0n) is 9.23. The van der Waals surface area contributed by atoms with E-state index in [2.05, 4.69) is 12.1 Å². The average Bonchev–Trinajstić information content (AvgIpc) is 2.27. The fraction of sp³-hybridized carbons (Fsp3) is 0.286. The topological polar surface area (TPSA) is 29.5 Å². The van der Waals surface area contributed by atoms with E-state index >= 15 is 0 Å². The summed E-state index contributed by atoms with van der Waals surface area (Å²) in [6, 6.07) is 12.3. The molecule has 0 bridgehead atoms. The smallest absolute Gasteiger partial charge is 0.205 e. The number of ether oxygens (including phenoxy) is 1. The van der Waals surface area contributed by atoms with Crippen LogP contribution in [0.2, 0.25) is 0 Å². The van der Waals surface area contributed by atoms with Gasteiger partial charge in [-0.3, -0.25) is 0 Å². The Bertz CT molecular complexity index is 543. The quantitative estimate of drug-likeness (QED) is 0.730. The number of fused-ring (bicyclic) bond motifs is 3. The molecule has 0 amide bonds. The van der Waals surface area contributed by atoms with Crippen molar-refractivity contribution in [1.82, 2.24) is 0 Å². The molecule has 1 atom stereocenters. The molecule has 0 radical (unpaired) electrons. The van der Waals surface area contributed by atoms with Gasteiger partial charge in [0.25, 0.3) is 0 Å². The van der Waals surface area contributed by atoms with E-state index in [9.17, 15) is 5.11 Å². The van der Waals surface area contributed by atoms with Gasteiger partial charge in [0, 0.05) is 18.9 Å². The van der Waals surface area contributed by atoms with Crippen LogP contribution in [0.25, 0.3) is 10.8 Å². The van der Waals surface area contributed by atoms with Gasteiger partial charge in [0.05, 0.1) is 0 Å². The second kappa shape index (κ2) is 3.22. The molecule has 0 spiro atoms. The van der Waals surface area contributed by atoms with Gasteiger partial charge in [-0.05, 0) is 23.3 Å². The molecule has 3 rings (SSSR count). The van der Waals surface area contributed by atoms with Gasteiger partial charge < -0.3 is 9.84 Å².